The van der Waals surface area contributed by atoms with Gasteiger partial charge in [0.05, 0.1) is 18.9 Å². The highest BCUT2D eigenvalue weighted by molar-refractivity contribution is 5.97. The Morgan fingerprint density at radius 2 is 1.18 bits per heavy atom. The molecule has 3 heterocycles. The summed E-state index contributed by atoms with van der Waals surface area (Å²) in [6.45, 7) is 12.0. The first-order valence-electron chi connectivity index (χ1n) is 26.7. The van der Waals surface area contributed by atoms with Gasteiger partial charge in [0.25, 0.3) is 0 Å². The first-order chi connectivity index (χ1) is 37.5. The number of carbonyl (C=O) groups is 9. The molecule has 0 unspecified atom stereocenters. The highest BCUT2D eigenvalue weighted by Gasteiger charge is 2.33. The van der Waals surface area contributed by atoms with Crippen LogP contribution in [0.25, 0.3) is 21.8 Å². The number of hydrogen-bond donors (Lipinski definition) is 14. The largest absolute Gasteiger partial charge is 0.480 e. The van der Waals surface area contributed by atoms with Crippen LogP contribution in [0.4, 0.5) is 0 Å². The fourth-order valence-electron chi connectivity index (χ4n) is 9.10. The molecule has 5 rings (SSSR count). The maximum Gasteiger partial charge on any atom is 0.320 e. The molecule has 0 aliphatic carbocycles. The normalized spacial score (nSPS) is 14.6. The van der Waals surface area contributed by atoms with Gasteiger partial charge in [-0.05, 0) is 73.6 Å². The van der Waals surface area contributed by atoms with E-state index in [1.54, 1.807) is 32.3 Å². The summed E-state index contributed by atoms with van der Waals surface area (Å²) in [4.78, 5) is 134. The highest BCUT2D eigenvalue weighted by atomic mass is 16.4. The van der Waals surface area contributed by atoms with Gasteiger partial charge < -0.3 is 74.1 Å². The van der Waals surface area contributed by atoms with E-state index < -0.39 is 114 Å². The summed E-state index contributed by atoms with van der Waals surface area (Å²) >= 11 is 0. The number of nitrogens with two attached hydrogens (primary N) is 2. The first kappa shape index (κ1) is 61.7. The lowest BCUT2D eigenvalue weighted by atomic mass is 10.0. The van der Waals surface area contributed by atoms with Crippen LogP contribution in [0.2, 0.25) is 0 Å². The number of imidazole rings is 1. The molecule has 79 heavy (non-hydrogen) atoms. The number of amides is 8. The topological polar surface area (TPSA) is 382 Å². The molecule has 0 spiro atoms. The maximum atomic E-state index is 14.3. The second-order valence-corrected chi connectivity index (χ2v) is 21.2. The van der Waals surface area contributed by atoms with Crippen LogP contribution in [0.1, 0.15) is 91.0 Å². The summed E-state index contributed by atoms with van der Waals surface area (Å²) in [5.74, 6) is -7.13. The van der Waals surface area contributed by atoms with Gasteiger partial charge in [0.15, 0.2) is 0 Å². The molecule has 0 saturated heterocycles. The molecule has 16 N–H and O–H groups in total. The second kappa shape index (κ2) is 29.6. The van der Waals surface area contributed by atoms with Crippen LogP contribution in [-0.2, 0) is 62.4 Å². The Morgan fingerprint density at radius 1 is 0.608 bits per heavy atom. The molecule has 0 fully saturated rings. The van der Waals surface area contributed by atoms with Crippen LogP contribution in [-0.4, -0.2) is 140 Å². The number of nitrogens with one attached hydrogen (secondary N) is 11. The molecule has 8 atom stereocenters. The van der Waals surface area contributed by atoms with Gasteiger partial charge in [-0.1, -0.05) is 77.9 Å². The van der Waals surface area contributed by atoms with Crippen molar-refractivity contribution >= 4 is 75.0 Å². The third kappa shape index (κ3) is 19.1. The molecule has 5 aromatic rings. The van der Waals surface area contributed by atoms with Gasteiger partial charge in [0, 0.05) is 77.9 Å². The highest BCUT2D eigenvalue weighted by Crippen LogP contribution is 2.21. The molecule has 0 radical (unpaired) electrons. The summed E-state index contributed by atoms with van der Waals surface area (Å²) in [5, 5.41) is 33.3. The van der Waals surface area contributed by atoms with E-state index in [1.807, 2.05) is 70.2 Å². The van der Waals surface area contributed by atoms with Crippen LogP contribution in [0.5, 0.6) is 0 Å². The zero-order valence-electron chi connectivity index (χ0n) is 45.9. The van der Waals surface area contributed by atoms with E-state index in [2.05, 4.69) is 62.5 Å². The van der Waals surface area contributed by atoms with Crippen LogP contribution in [0.15, 0.2) is 73.4 Å². The molecule has 0 aliphatic rings. The minimum absolute atomic E-state index is 0.00725. The van der Waals surface area contributed by atoms with E-state index in [9.17, 15) is 48.3 Å². The number of aromatic amines is 3. The summed E-state index contributed by atoms with van der Waals surface area (Å²) in [6.07, 6.45) is 6.77. The lowest BCUT2D eigenvalue weighted by Crippen LogP contribution is -2.59. The number of fused-ring (bicyclic) bond motifs is 2. The summed E-state index contributed by atoms with van der Waals surface area (Å²) < 4.78 is 0. The zero-order valence-corrected chi connectivity index (χ0v) is 45.9. The number of benzene rings is 2. The van der Waals surface area contributed by atoms with Crippen LogP contribution in [0.3, 0.4) is 0 Å². The van der Waals surface area contributed by atoms with E-state index in [4.69, 9.17) is 11.5 Å². The van der Waals surface area contributed by atoms with E-state index in [1.165, 1.54) is 19.4 Å². The third-order valence-electron chi connectivity index (χ3n) is 13.3. The number of para-hydroxylation sites is 2. The minimum atomic E-state index is -1.36. The lowest BCUT2D eigenvalue weighted by Gasteiger charge is -2.27. The van der Waals surface area contributed by atoms with E-state index >= 15 is 0 Å². The van der Waals surface area contributed by atoms with Crippen molar-refractivity contribution in [1.29, 1.82) is 0 Å². The predicted molar refractivity (Wildman–Crippen MR) is 296 cm³/mol. The van der Waals surface area contributed by atoms with Crippen LogP contribution >= 0.6 is 0 Å². The van der Waals surface area contributed by atoms with E-state index in [-0.39, 0.29) is 50.5 Å². The van der Waals surface area contributed by atoms with Gasteiger partial charge in [-0.2, -0.15) is 0 Å². The number of nitrogens with zero attached hydrogens (tertiary/aromatic N) is 1. The number of aromatic nitrogens is 4. The van der Waals surface area contributed by atoms with Crippen LogP contribution in [0, 0.1) is 17.8 Å². The number of H-pyrrole nitrogens is 3. The molecule has 0 saturated carbocycles. The lowest BCUT2D eigenvalue weighted by molar-refractivity contribution is -0.140. The van der Waals surface area contributed by atoms with Gasteiger partial charge in [-0.25, -0.2) is 4.98 Å². The van der Waals surface area contributed by atoms with Gasteiger partial charge in [0.2, 0.25) is 47.3 Å². The Kier molecular flexibility index (Phi) is 23.1. The fraction of sp³-hybridized carbons (Fsp3) is 0.491. The Hall–Kier alpha value is -8.12. The number of hydrogen-bond acceptors (Lipinski definition) is 12. The number of aliphatic carboxylic acids is 1. The van der Waals surface area contributed by atoms with Gasteiger partial charge in [-0.15, -0.1) is 0 Å². The molecule has 24 heteroatoms. The smallest absolute Gasteiger partial charge is 0.320 e. The number of carboxylic acid groups (broad SMARTS) is 1. The van der Waals surface area contributed by atoms with Gasteiger partial charge in [0.1, 0.15) is 36.3 Å². The van der Waals surface area contributed by atoms with E-state index in [0.717, 1.165) is 27.4 Å². The standard InChI is InChI=1S/C55H78N14O10/c1-29(2)18-36(26-61-45(55(78)79)19-30(3)4)65-53(76)44(22-35-25-58-28-63-35)66-47(71)27-62-54(77)48(31(5)6)69-49(72)32(7)64-52(75)43(21-34-24-60-41-15-11-9-13-38(34)41)68-51(74)42(16-17-46(57)70)67-50(73)39(56)20-33-23-59-40-14-10-8-12-37(33)40/h8-15,23-25,28-32,36,39,42-45,48,59-61H,16-22,26-27,56H2,1-7H3,(H2,57,70)(H,58,63)(H,62,77)(H,64,75)(H,65,76)(H,66,71)(H,67,73)(H,68,74)(H,69,72)(H,78,79)/t32-,36-,39+,42-,43-,44-,45-,48-/m0/s1. The van der Waals surface area contributed by atoms with Crippen LogP contribution < -0.4 is 54.0 Å². The molecular weight excluding hydrogens is 1020 g/mol. The summed E-state index contributed by atoms with van der Waals surface area (Å²) in [5.41, 5.74) is 15.4. The fourth-order valence-corrected chi connectivity index (χ4v) is 9.10. The third-order valence-corrected chi connectivity index (χ3v) is 13.3. The average molecular weight is 1100 g/mol. The SMILES string of the molecule is CC(C)C[C@@H](CN[C@@H](CC(C)C)C(=O)O)NC(=O)[C@H](Cc1cnc[nH]1)NC(=O)CNC(=O)[C@@H](NC(=O)[C@H](C)NC(=O)[C@H](Cc1c[nH]c2ccccc12)NC(=O)[C@H](CCC(N)=O)NC(=O)[C@H](N)Cc1c[nH]c2ccccc12)C(C)C. The summed E-state index contributed by atoms with van der Waals surface area (Å²) in [6, 6.07) is 6.00. The first-order valence-corrected chi connectivity index (χ1v) is 26.7. The Morgan fingerprint density at radius 3 is 1.75 bits per heavy atom. The maximum absolute atomic E-state index is 14.3. The predicted octanol–water partition coefficient (Wildman–Crippen LogP) is 0.829. The Balaban J connectivity index is 1.24. The molecule has 3 aromatic heterocycles. The van der Waals surface area contributed by atoms with Crippen molar-refractivity contribution in [2.45, 2.75) is 142 Å². The zero-order chi connectivity index (χ0) is 57.9. The molecule has 2 aromatic carbocycles. The Labute approximate surface area is 458 Å². The minimum Gasteiger partial charge on any atom is -0.480 e. The number of carboxylic acids is 1. The van der Waals surface area contributed by atoms with Gasteiger partial charge >= 0.3 is 5.97 Å². The molecule has 0 bridgehead atoms. The van der Waals surface area contributed by atoms with Crippen molar-refractivity contribution < 1.29 is 48.3 Å². The molecule has 8 amide bonds. The van der Waals surface area contributed by atoms with Gasteiger partial charge in [-0.3, -0.25) is 43.2 Å². The Bertz CT molecular complexity index is 2880. The molecule has 24 nitrogen and oxygen atoms in total. The quantitative estimate of drug-likeness (QED) is 0.0284. The number of carbonyl (C=O) groups excluding carboxylic acids is 8. The number of rotatable bonds is 32. The molecule has 0 aliphatic heterocycles. The van der Waals surface area contributed by atoms with Crippen molar-refractivity contribution in [3.63, 3.8) is 0 Å². The van der Waals surface area contributed by atoms with Crippen molar-refractivity contribution in [2.24, 2.45) is 29.2 Å². The monoisotopic (exact) mass is 1090 g/mol. The van der Waals surface area contributed by atoms with Crippen molar-refractivity contribution in [3.8, 4) is 0 Å². The summed E-state index contributed by atoms with van der Waals surface area (Å²) in [7, 11) is 0. The van der Waals surface area contributed by atoms with Crippen molar-refractivity contribution in [3.05, 3.63) is 90.3 Å². The second-order valence-electron chi connectivity index (χ2n) is 21.2. The van der Waals surface area contributed by atoms with Crippen molar-refractivity contribution in [2.75, 3.05) is 13.1 Å². The van der Waals surface area contributed by atoms with E-state index in [0.29, 0.717) is 24.1 Å². The average Bonchev–Trinajstić information content (AvgIpc) is 4.17. The molecule has 428 valence electrons. The molecular formula is C55H78N14O10. The van der Waals surface area contributed by atoms with Crippen molar-refractivity contribution in [1.82, 2.24) is 62.5 Å². The number of primary amides is 1.